The van der Waals surface area contributed by atoms with Crippen molar-refractivity contribution < 1.29 is 4.42 Å². The Morgan fingerprint density at radius 2 is 0.983 bits per heavy atom. The summed E-state index contributed by atoms with van der Waals surface area (Å²) in [6.07, 6.45) is 0.773. The van der Waals surface area contributed by atoms with Gasteiger partial charge >= 0.3 is 0 Å². The van der Waals surface area contributed by atoms with E-state index in [1.54, 1.807) is 0 Å². The second-order valence-corrected chi connectivity index (χ2v) is 15.4. The normalized spacial score (nSPS) is 13.1. The third-order valence-electron chi connectivity index (χ3n) is 12.5. The molecule has 3 nitrogen and oxygen atoms in total. The lowest BCUT2D eigenvalue weighted by molar-refractivity contribution is 0.669. The zero-order valence-corrected chi connectivity index (χ0v) is 31.9. The summed E-state index contributed by atoms with van der Waals surface area (Å²) in [5.41, 5.74) is 20.4. The van der Waals surface area contributed by atoms with Crippen molar-refractivity contribution in [3.05, 3.63) is 216 Å². The van der Waals surface area contributed by atoms with Crippen molar-refractivity contribution in [3.8, 4) is 67.3 Å². The van der Waals surface area contributed by atoms with Crippen molar-refractivity contribution in [3.63, 3.8) is 0 Å². The Labute approximate surface area is 337 Å². The molecule has 2 aliphatic rings. The number of benzene rings is 8. The van der Waals surface area contributed by atoms with Crippen molar-refractivity contribution in [2.24, 2.45) is 0 Å². The van der Waals surface area contributed by atoms with Crippen LogP contribution in [0, 0.1) is 0 Å². The van der Waals surface area contributed by atoms with Gasteiger partial charge in [0.2, 0.25) is 0 Å². The second-order valence-electron chi connectivity index (χ2n) is 15.4. The number of furan rings is 1. The van der Waals surface area contributed by atoms with Crippen LogP contribution in [0.2, 0.25) is 0 Å². The lowest BCUT2D eigenvalue weighted by Crippen LogP contribution is -2.25. The second kappa shape index (κ2) is 12.6. The van der Waals surface area contributed by atoms with Crippen LogP contribution in [-0.2, 0) is 11.8 Å². The first kappa shape index (κ1) is 32.8. The van der Waals surface area contributed by atoms with E-state index in [9.17, 15) is 0 Å². The molecule has 10 aromatic rings. The predicted octanol–water partition coefficient (Wildman–Crippen LogP) is 13.9. The van der Waals surface area contributed by atoms with Gasteiger partial charge in [0.1, 0.15) is 11.2 Å². The first-order chi connectivity index (χ1) is 28.7. The van der Waals surface area contributed by atoms with Crippen LogP contribution >= 0.6 is 0 Å². The lowest BCUT2D eigenvalue weighted by atomic mass is 9.70. The molecule has 0 fully saturated rings. The zero-order chi connectivity index (χ0) is 38.4. The highest BCUT2D eigenvalue weighted by Crippen LogP contribution is 2.64. The number of hydrogen-bond donors (Lipinski definition) is 0. The van der Waals surface area contributed by atoms with Crippen LogP contribution in [0.1, 0.15) is 34.7 Å². The molecule has 272 valence electrons. The van der Waals surface area contributed by atoms with E-state index in [0.29, 0.717) is 5.82 Å². The number of nitrogens with zero attached hydrogens (tertiary/aromatic N) is 2. The van der Waals surface area contributed by atoms with Crippen LogP contribution in [0.4, 0.5) is 0 Å². The van der Waals surface area contributed by atoms with Gasteiger partial charge in [0.15, 0.2) is 5.82 Å². The molecule has 0 aliphatic heterocycles. The molecule has 0 unspecified atom stereocenters. The van der Waals surface area contributed by atoms with Crippen LogP contribution < -0.4 is 0 Å². The zero-order valence-electron chi connectivity index (χ0n) is 31.9. The SMILES string of the molecule is CCc1c(-c2ccccc2)nc(-c2ccccc2)nc1-c1cccc2oc3ccc(-c4cccc5c4-c4ccccc4C54c5ccccc5-c5ccccc54)cc3c12. The minimum absolute atomic E-state index is 0.398. The number of fused-ring (bicyclic) bond motifs is 13. The molecule has 12 rings (SSSR count). The maximum atomic E-state index is 6.67. The summed E-state index contributed by atoms with van der Waals surface area (Å²) in [7, 11) is 0. The lowest BCUT2D eigenvalue weighted by Gasteiger charge is -2.30. The van der Waals surface area contributed by atoms with Gasteiger partial charge in [-0.3, -0.25) is 0 Å². The van der Waals surface area contributed by atoms with Crippen molar-refractivity contribution in [1.82, 2.24) is 9.97 Å². The van der Waals surface area contributed by atoms with Gasteiger partial charge < -0.3 is 4.42 Å². The maximum absolute atomic E-state index is 6.67. The summed E-state index contributed by atoms with van der Waals surface area (Å²) in [5.74, 6) is 0.708. The molecule has 0 atom stereocenters. The van der Waals surface area contributed by atoms with Crippen molar-refractivity contribution in [2.45, 2.75) is 18.8 Å². The highest BCUT2D eigenvalue weighted by molar-refractivity contribution is 6.14. The average Bonchev–Trinajstić information content (AvgIpc) is 3.93. The molecular weight excluding hydrogens is 705 g/mol. The monoisotopic (exact) mass is 740 g/mol. The molecule has 58 heavy (non-hydrogen) atoms. The van der Waals surface area contributed by atoms with Gasteiger partial charge in [-0.2, -0.15) is 0 Å². The highest BCUT2D eigenvalue weighted by Gasteiger charge is 2.51. The van der Waals surface area contributed by atoms with Crippen molar-refractivity contribution in [1.29, 1.82) is 0 Å². The molecule has 1 spiro atoms. The Morgan fingerprint density at radius 1 is 0.431 bits per heavy atom. The Hall–Kier alpha value is -7.36. The summed E-state index contributed by atoms with van der Waals surface area (Å²) in [5, 5.41) is 2.13. The third kappa shape index (κ3) is 4.50. The number of aromatic nitrogens is 2. The fourth-order valence-corrected chi connectivity index (χ4v) is 10.2. The predicted molar refractivity (Wildman–Crippen MR) is 237 cm³/mol. The van der Waals surface area contributed by atoms with Gasteiger partial charge in [0, 0.05) is 33.0 Å². The van der Waals surface area contributed by atoms with Crippen LogP contribution in [0.15, 0.2) is 192 Å². The largest absolute Gasteiger partial charge is 0.456 e. The van der Waals surface area contributed by atoms with Gasteiger partial charge in [-0.1, -0.05) is 177 Å². The minimum atomic E-state index is -0.398. The Kier molecular flexibility index (Phi) is 7.12. The summed E-state index contributed by atoms with van der Waals surface area (Å²) in [6, 6.07) is 67.8. The van der Waals surface area contributed by atoms with Crippen molar-refractivity contribution in [2.75, 3.05) is 0 Å². The summed E-state index contributed by atoms with van der Waals surface area (Å²) in [6.45, 7) is 2.20. The average molecular weight is 741 g/mol. The van der Waals surface area contributed by atoms with E-state index in [-0.39, 0.29) is 0 Å². The molecule has 0 saturated heterocycles. The molecule has 2 aromatic heterocycles. The van der Waals surface area contributed by atoms with E-state index < -0.39 is 5.41 Å². The van der Waals surface area contributed by atoms with E-state index in [2.05, 4.69) is 177 Å². The van der Waals surface area contributed by atoms with Gasteiger partial charge in [-0.25, -0.2) is 9.97 Å². The first-order valence-electron chi connectivity index (χ1n) is 20.1. The first-order valence-corrected chi connectivity index (χ1v) is 20.1. The van der Waals surface area contributed by atoms with Crippen LogP contribution in [-0.4, -0.2) is 9.97 Å². The smallest absolute Gasteiger partial charge is 0.160 e. The molecule has 0 radical (unpaired) electrons. The number of rotatable bonds is 5. The van der Waals surface area contributed by atoms with E-state index in [4.69, 9.17) is 14.4 Å². The van der Waals surface area contributed by atoms with Crippen molar-refractivity contribution >= 4 is 21.9 Å². The fourth-order valence-electron chi connectivity index (χ4n) is 10.2. The van der Waals surface area contributed by atoms with Crippen LogP contribution in [0.25, 0.3) is 89.2 Å². The van der Waals surface area contributed by atoms with Crippen LogP contribution in [0.3, 0.4) is 0 Å². The Morgan fingerprint density at radius 3 is 1.69 bits per heavy atom. The molecule has 0 amide bonds. The Balaban J connectivity index is 1.11. The molecule has 3 heteroatoms. The quantitative estimate of drug-likeness (QED) is 0.176. The highest BCUT2D eigenvalue weighted by atomic mass is 16.3. The minimum Gasteiger partial charge on any atom is -0.456 e. The molecule has 0 saturated carbocycles. The van der Waals surface area contributed by atoms with Gasteiger partial charge in [-0.05, 0) is 80.3 Å². The number of hydrogen-bond acceptors (Lipinski definition) is 3. The molecular formula is C55H36N2O. The van der Waals surface area contributed by atoms with E-state index >= 15 is 0 Å². The van der Waals surface area contributed by atoms with Gasteiger partial charge in [-0.15, -0.1) is 0 Å². The summed E-state index contributed by atoms with van der Waals surface area (Å²) in [4.78, 5) is 10.6. The molecule has 0 N–H and O–H groups in total. The van der Waals surface area contributed by atoms with E-state index in [0.717, 1.165) is 67.6 Å². The van der Waals surface area contributed by atoms with E-state index in [1.165, 1.54) is 50.1 Å². The molecule has 0 bridgehead atoms. The molecule has 8 aromatic carbocycles. The fraction of sp³-hybridized carbons (Fsp3) is 0.0545. The topological polar surface area (TPSA) is 38.9 Å². The molecule has 2 heterocycles. The Bertz CT molecular complexity index is 3220. The van der Waals surface area contributed by atoms with Crippen LogP contribution in [0.5, 0.6) is 0 Å². The van der Waals surface area contributed by atoms with Gasteiger partial charge in [0.05, 0.1) is 16.8 Å². The maximum Gasteiger partial charge on any atom is 0.160 e. The van der Waals surface area contributed by atoms with E-state index in [1.807, 2.05) is 18.2 Å². The third-order valence-corrected chi connectivity index (χ3v) is 12.5. The summed E-state index contributed by atoms with van der Waals surface area (Å²) < 4.78 is 6.67. The standard InChI is InChI=1S/C55H36N2O/c1-2-37-52(34-17-5-3-6-18-34)56-54(35-19-7-4-8-20-35)57-53(37)42-25-16-30-49-51(42)43-33-36(31-32-48(43)58-49)38-24-15-29-47-50(38)41-23-11-14-28-46(41)55(47)44-26-12-9-21-39(44)40-22-10-13-27-45(40)55/h3-33H,2H2,1H3. The molecule has 2 aliphatic carbocycles. The summed E-state index contributed by atoms with van der Waals surface area (Å²) >= 11 is 0. The van der Waals surface area contributed by atoms with Gasteiger partial charge in [0.25, 0.3) is 0 Å².